The predicted octanol–water partition coefficient (Wildman–Crippen LogP) is 7.99. The van der Waals surface area contributed by atoms with Crippen LogP contribution in [-0.4, -0.2) is 21.3 Å². The summed E-state index contributed by atoms with van der Waals surface area (Å²) in [4.78, 5) is 15.7. The average molecular weight is 660 g/mol. The molecule has 0 aliphatic heterocycles. The summed E-state index contributed by atoms with van der Waals surface area (Å²) in [6.45, 7) is 0. The number of hydrogen-bond acceptors (Lipinski definition) is 7. The maximum atomic E-state index is 15.4. The molecule has 0 saturated heterocycles. The zero-order valence-corrected chi connectivity index (χ0v) is 25.0. The molecular formula is C34H24F5N6OS+. The minimum Gasteiger partial charge on any atom is -0.405 e. The molecule has 0 aliphatic rings. The van der Waals surface area contributed by atoms with Crippen LogP contribution in [-0.2, 0) is 5.75 Å². The fourth-order valence-electron chi connectivity index (χ4n) is 4.98. The van der Waals surface area contributed by atoms with Crippen molar-refractivity contribution in [2.45, 2.75) is 17.0 Å². The third kappa shape index (κ3) is 7.15. The molecule has 0 saturated carbocycles. The second-order valence-corrected chi connectivity index (χ2v) is 11.2. The van der Waals surface area contributed by atoms with Gasteiger partial charge in [-0.3, -0.25) is 10.7 Å². The molecule has 0 atom stereocenters. The van der Waals surface area contributed by atoms with Gasteiger partial charge in [0.2, 0.25) is 0 Å². The molecule has 0 amide bonds. The Hall–Kier alpha value is -5.56. The number of hydrogen-bond donors (Lipinski definition) is 2. The van der Waals surface area contributed by atoms with E-state index in [1.165, 1.54) is 66.9 Å². The van der Waals surface area contributed by atoms with E-state index in [4.69, 9.17) is 11.5 Å². The highest BCUT2D eigenvalue weighted by molar-refractivity contribution is 7.98. The summed E-state index contributed by atoms with van der Waals surface area (Å²) in [5.74, 6) is -1.01. The van der Waals surface area contributed by atoms with Crippen LogP contribution >= 0.6 is 11.8 Å². The lowest BCUT2D eigenvalue weighted by Gasteiger charge is -2.18. The number of thioether (sulfide) groups is 1. The molecule has 47 heavy (non-hydrogen) atoms. The lowest BCUT2D eigenvalue weighted by molar-refractivity contribution is -0.360. The Bertz CT molecular complexity index is 2060. The number of halogens is 5. The van der Waals surface area contributed by atoms with Gasteiger partial charge in [0, 0.05) is 27.3 Å². The van der Waals surface area contributed by atoms with Crippen LogP contribution in [0.15, 0.2) is 109 Å². The second kappa shape index (κ2) is 13.0. The Kier molecular flexibility index (Phi) is 8.72. The molecule has 0 radical (unpaired) electrons. The number of aromatic nitrogens is 4. The third-order valence-corrected chi connectivity index (χ3v) is 8.21. The Morgan fingerprint density at radius 1 is 0.723 bits per heavy atom. The largest absolute Gasteiger partial charge is 0.573 e. The maximum absolute atomic E-state index is 15.4. The fraction of sp³-hybridized carbons (Fsp3) is 0.0588. The van der Waals surface area contributed by atoms with E-state index in [2.05, 4.69) is 24.7 Å². The molecule has 0 unspecified atom stereocenters. The number of anilines is 2. The number of benzene rings is 4. The third-order valence-electron chi connectivity index (χ3n) is 7.09. The zero-order valence-electron chi connectivity index (χ0n) is 24.2. The molecule has 2 heterocycles. The van der Waals surface area contributed by atoms with Crippen LogP contribution in [0.2, 0.25) is 0 Å². The van der Waals surface area contributed by atoms with E-state index in [0.717, 1.165) is 11.0 Å². The molecule has 0 spiro atoms. The normalized spacial score (nSPS) is 11.4. The first-order valence-corrected chi connectivity index (χ1v) is 14.9. The maximum Gasteiger partial charge on any atom is 0.573 e. The quantitative estimate of drug-likeness (QED) is 0.126. The highest BCUT2D eigenvalue weighted by Crippen LogP contribution is 2.42. The lowest BCUT2D eigenvalue weighted by atomic mass is 9.97. The van der Waals surface area contributed by atoms with Crippen molar-refractivity contribution in [3.63, 3.8) is 0 Å². The summed E-state index contributed by atoms with van der Waals surface area (Å²) in [7, 11) is 0. The van der Waals surface area contributed by atoms with Gasteiger partial charge in [-0.15, -0.1) is 24.9 Å². The summed E-state index contributed by atoms with van der Waals surface area (Å²) >= 11 is 1.33. The van der Waals surface area contributed by atoms with Gasteiger partial charge in [-0.1, -0.05) is 42.5 Å². The number of alkyl halides is 3. The van der Waals surface area contributed by atoms with Crippen LogP contribution in [0.25, 0.3) is 44.8 Å². The van der Waals surface area contributed by atoms with Crippen molar-refractivity contribution < 1.29 is 31.7 Å². The molecule has 0 fully saturated rings. The van der Waals surface area contributed by atoms with Crippen molar-refractivity contribution in [3.05, 3.63) is 121 Å². The Morgan fingerprint density at radius 3 is 2.11 bits per heavy atom. The van der Waals surface area contributed by atoms with Crippen LogP contribution in [0.1, 0.15) is 5.56 Å². The molecule has 4 aromatic carbocycles. The van der Waals surface area contributed by atoms with Gasteiger partial charge in [0.05, 0.1) is 18.1 Å². The van der Waals surface area contributed by atoms with Gasteiger partial charge >= 0.3 is 6.36 Å². The summed E-state index contributed by atoms with van der Waals surface area (Å²) in [5, 5.41) is 0. The first-order valence-electron chi connectivity index (χ1n) is 14.0. The van der Waals surface area contributed by atoms with E-state index >= 15 is 8.78 Å². The molecule has 236 valence electrons. The number of nitrogens with two attached hydrogens (primary N) is 2. The van der Waals surface area contributed by atoms with Gasteiger partial charge in [-0.05, 0) is 58.7 Å². The smallest absolute Gasteiger partial charge is 0.405 e. The summed E-state index contributed by atoms with van der Waals surface area (Å²) in [5.41, 5.74) is 14.2. The minimum atomic E-state index is -4.98. The van der Waals surface area contributed by atoms with E-state index in [0.29, 0.717) is 22.4 Å². The molecule has 6 aromatic rings. The number of H-pyrrole nitrogens is 1. The van der Waals surface area contributed by atoms with Crippen LogP contribution < -0.4 is 21.2 Å². The molecule has 5 N–H and O–H groups in total. The van der Waals surface area contributed by atoms with Gasteiger partial charge in [-0.2, -0.15) is 0 Å². The number of nitrogens with one attached hydrogen (secondary N) is 1. The molecule has 2 aromatic heterocycles. The van der Waals surface area contributed by atoms with E-state index in [-0.39, 0.29) is 45.3 Å². The fourth-order valence-corrected chi connectivity index (χ4v) is 6.05. The van der Waals surface area contributed by atoms with Crippen LogP contribution in [0.5, 0.6) is 5.75 Å². The van der Waals surface area contributed by atoms with Crippen molar-refractivity contribution in [3.8, 4) is 50.5 Å². The number of nitrogen functional groups attached to an aromatic ring is 2. The van der Waals surface area contributed by atoms with E-state index in [1.807, 2.05) is 12.1 Å². The highest BCUT2D eigenvalue weighted by atomic mass is 32.2. The van der Waals surface area contributed by atoms with Crippen molar-refractivity contribution in [2.75, 3.05) is 11.5 Å². The minimum absolute atomic E-state index is 0.0806. The van der Waals surface area contributed by atoms with Gasteiger partial charge in [0.25, 0.3) is 5.82 Å². The molecule has 0 bridgehead atoms. The van der Waals surface area contributed by atoms with Crippen molar-refractivity contribution in [2.24, 2.45) is 0 Å². The summed E-state index contributed by atoms with van der Waals surface area (Å²) in [6.07, 6.45) is 0.511. The summed E-state index contributed by atoms with van der Waals surface area (Å²) < 4.78 is 75.5. The van der Waals surface area contributed by atoms with E-state index in [1.54, 1.807) is 30.3 Å². The lowest BCUT2D eigenvalue weighted by Crippen LogP contribution is -2.18. The topological polar surface area (TPSA) is 114 Å². The molecule has 0 aliphatic carbocycles. The molecule has 7 nitrogen and oxygen atoms in total. The summed E-state index contributed by atoms with van der Waals surface area (Å²) in [6, 6.07) is 20.3. The van der Waals surface area contributed by atoms with Gasteiger partial charge in [-0.25, -0.2) is 23.7 Å². The number of nitrogens with zero attached hydrogens (tertiary/aromatic N) is 3. The Morgan fingerprint density at radius 2 is 1.43 bits per heavy atom. The molecular weight excluding hydrogens is 635 g/mol. The van der Waals surface area contributed by atoms with Gasteiger partial charge in [0.15, 0.2) is 0 Å². The van der Waals surface area contributed by atoms with Crippen molar-refractivity contribution in [1.29, 1.82) is 0 Å². The first kappa shape index (κ1) is 31.4. The average Bonchev–Trinajstić information content (AvgIpc) is 3.04. The number of ether oxygens (including phenoxy) is 1. The van der Waals surface area contributed by atoms with Gasteiger partial charge < -0.3 is 10.5 Å². The molecule has 13 heteroatoms. The first-order chi connectivity index (χ1) is 22.6. The van der Waals surface area contributed by atoms with Crippen LogP contribution in [0.3, 0.4) is 0 Å². The van der Waals surface area contributed by atoms with Gasteiger partial charge in [0.1, 0.15) is 41.3 Å². The van der Waals surface area contributed by atoms with Crippen molar-refractivity contribution in [1.82, 2.24) is 15.0 Å². The van der Waals surface area contributed by atoms with Crippen LogP contribution in [0, 0.1) is 11.6 Å². The molecule has 6 rings (SSSR count). The SMILES string of the molecule is Nc1cnc(-c2ccc(-c3ccccc3SCc3cccc(OC(F)(F)F)c3-c3ccc(-c4c[nH+]c(N)cn4)c(F)c3)cc2F)cn1. The zero-order chi connectivity index (χ0) is 33.1. The number of rotatable bonds is 8. The predicted molar refractivity (Wildman–Crippen MR) is 170 cm³/mol. The number of aromatic amines is 1. The highest BCUT2D eigenvalue weighted by Gasteiger charge is 2.33. The standard InChI is InChI=1S/C34H23F5N6OS/c35-25-12-19(8-10-23(25)27-14-44-31(40)16-42-27)22-5-1-2-7-30(22)47-18-21-4-3-6-29(46-34(37,38)39)33(21)20-9-11-24(26(36)13-20)28-15-45-32(41)17-43-28/h1-17H,18H2,(H2,40,44)(H2,41,45)/p+1. The Balaban J connectivity index is 1.33. The van der Waals surface area contributed by atoms with Crippen molar-refractivity contribution >= 4 is 23.4 Å². The van der Waals surface area contributed by atoms with E-state index < -0.39 is 23.7 Å². The van der Waals surface area contributed by atoms with Crippen LogP contribution in [0.4, 0.5) is 33.6 Å². The second-order valence-electron chi connectivity index (χ2n) is 10.2. The Labute approximate surface area is 269 Å². The van der Waals surface area contributed by atoms with E-state index in [9.17, 15) is 13.2 Å². The monoisotopic (exact) mass is 659 g/mol.